The van der Waals surface area contributed by atoms with Crippen LogP contribution in [0, 0.1) is 0 Å². The van der Waals surface area contributed by atoms with Crippen LogP contribution in [-0.2, 0) is 4.74 Å². The molecule has 1 fully saturated rings. The minimum absolute atomic E-state index is 0.0499. The van der Waals surface area contributed by atoms with E-state index >= 15 is 0 Å². The van der Waals surface area contributed by atoms with Crippen molar-refractivity contribution in [3.8, 4) is 0 Å². The van der Waals surface area contributed by atoms with E-state index in [9.17, 15) is 9.59 Å². The molecule has 2 rings (SSSR count). The van der Waals surface area contributed by atoms with Crippen LogP contribution < -0.4 is 0 Å². The number of ether oxygens (including phenoxy) is 1. The highest BCUT2D eigenvalue weighted by atomic mass is 16.6. The van der Waals surface area contributed by atoms with E-state index in [1.165, 1.54) is 11.1 Å². The Morgan fingerprint density at radius 2 is 2.11 bits per heavy atom. The molecule has 0 radical (unpaired) electrons. The highest BCUT2D eigenvalue weighted by Crippen LogP contribution is 2.30. The number of amides is 1. The number of carbonyl (C=O) groups is 2. The first kappa shape index (κ1) is 13.4. The largest absolute Gasteiger partial charge is 0.478 e. The molecule has 1 N–H and O–H groups in total. The summed E-state index contributed by atoms with van der Waals surface area (Å²) in [4.78, 5) is 24.1. The van der Waals surface area contributed by atoms with E-state index in [4.69, 9.17) is 14.4 Å². The van der Waals surface area contributed by atoms with E-state index in [2.05, 4.69) is 5.16 Å². The number of hydrogen-bond donors (Lipinski definition) is 1. The molecule has 1 aliphatic heterocycles. The smallest absolute Gasteiger partial charge is 0.410 e. The van der Waals surface area contributed by atoms with Crippen molar-refractivity contribution in [2.45, 2.75) is 32.3 Å². The highest BCUT2D eigenvalue weighted by Gasteiger charge is 2.38. The molecule has 0 bridgehead atoms. The van der Waals surface area contributed by atoms with E-state index in [0.717, 1.165) is 0 Å². The quantitative estimate of drug-likeness (QED) is 0.877. The second kappa shape index (κ2) is 4.56. The van der Waals surface area contributed by atoms with Crippen LogP contribution in [0.5, 0.6) is 0 Å². The maximum absolute atomic E-state index is 11.7. The van der Waals surface area contributed by atoms with E-state index in [1.807, 2.05) is 0 Å². The van der Waals surface area contributed by atoms with Crippen molar-refractivity contribution in [1.82, 2.24) is 10.1 Å². The van der Waals surface area contributed by atoms with E-state index in [1.54, 1.807) is 20.8 Å². The van der Waals surface area contributed by atoms with Crippen molar-refractivity contribution >= 4 is 12.1 Å². The number of hydrogen-bond acceptors (Lipinski definition) is 5. The van der Waals surface area contributed by atoms with Crippen LogP contribution in [0.25, 0.3) is 0 Å². The van der Waals surface area contributed by atoms with Gasteiger partial charge in [0.2, 0.25) is 0 Å². The zero-order valence-electron chi connectivity index (χ0n) is 11.0. The predicted octanol–water partition coefficient (Wildman–Crippen LogP) is 1.71. The maximum Gasteiger partial charge on any atom is 0.410 e. The molecule has 0 aromatic carbocycles. The van der Waals surface area contributed by atoms with Crippen LogP contribution in [0.1, 0.15) is 42.8 Å². The van der Waals surface area contributed by atoms with Crippen LogP contribution in [-0.4, -0.2) is 45.9 Å². The maximum atomic E-state index is 11.7. The van der Waals surface area contributed by atoms with Crippen molar-refractivity contribution in [2.24, 2.45) is 0 Å². The Kier molecular flexibility index (Phi) is 3.21. The Morgan fingerprint density at radius 3 is 2.63 bits per heavy atom. The van der Waals surface area contributed by atoms with Crippen molar-refractivity contribution in [3.05, 3.63) is 17.5 Å². The molecule has 0 unspecified atom stereocenters. The zero-order chi connectivity index (χ0) is 14.2. The molecule has 7 heteroatoms. The summed E-state index contributed by atoms with van der Waals surface area (Å²) in [7, 11) is 0. The summed E-state index contributed by atoms with van der Waals surface area (Å²) in [6.45, 7) is 6.14. The average Bonchev–Trinajstić information content (AvgIpc) is 2.60. The third-order valence-corrected chi connectivity index (χ3v) is 2.73. The van der Waals surface area contributed by atoms with E-state index in [-0.39, 0.29) is 11.5 Å². The summed E-state index contributed by atoms with van der Waals surface area (Å²) < 4.78 is 10.2. The van der Waals surface area contributed by atoms with Gasteiger partial charge in [-0.25, -0.2) is 9.59 Å². The summed E-state index contributed by atoms with van der Waals surface area (Å²) in [6.07, 6.45) is 0.772. The summed E-state index contributed by atoms with van der Waals surface area (Å²) >= 11 is 0. The topological polar surface area (TPSA) is 92.9 Å². The third-order valence-electron chi connectivity index (χ3n) is 2.73. The van der Waals surface area contributed by atoms with Crippen LogP contribution >= 0.6 is 0 Å². The lowest BCUT2D eigenvalue weighted by atomic mass is 9.95. The summed E-state index contributed by atoms with van der Waals surface area (Å²) in [6, 6.07) is 0. The lowest BCUT2D eigenvalue weighted by Crippen LogP contribution is -2.50. The number of nitrogens with zero attached hydrogens (tertiary/aromatic N) is 2. The van der Waals surface area contributed by atoms with Gasteiger partial charge in [-0.15, -0.1) is 0 Å². The first-order chi connectivity index (χ1) is 8.78. The number of aromatic nitrogens is 1. The Morgan fingerprint density at radius 1 is 1.47 bits per heavy atom. The molecule has 104 valence electrons. The van der Waals surface area contributed by atoms with Gasteiger partial charge in [-0.1, -0.05) is 5.16 Å². The van der Waals surface area contributed by atoms with Crippen LogP contribution in [0.4, 0.5) is 4.79 Å². The van der Waals surface area contributed by atoms with E-state index < -0.39 is 17.7 Å². The lowest BCUT2D eigenvalue weighted by Gasteiger charge is -2.38. The molecule has 1 aliphatic rings. The van der Waals surface area contributed by atoms with Crippen LogP contribution in [0.2, 0.25) is 0 Å². The van der Waals surface area contributed by atoms with Gasteiger partial charge in [0.15, 0.2) is 5.76 Å². The minimum Gasteiger partial charge on any atom is -0.478 e. The molecule has 2 heterocycles. The Bertz CT molecular complexity index is 496. The Balaban J connectivity index is 1.94. The lowest BCUT2D eigenvalue weighted by molar-refractivity contribution is 0.00597. The normalized spacial score (nSPS) is 16.1. The molecular weight excluding hydrogens is 252 g/mol. The number of carbonyl (C=O) groups excluding carboxylic acids is 1. The number of carboxylic acid groups (broad SMARTS) is 1. The van der Waals surface area contributed by atoms with Gasteiger partial charge in [0.25, 0.3) is 0 Å². The standard InChI is InChI=1S/C12H16N2O5/c1-12(2,3)18-11(17)14-5-7(6-14)9-8(10(15)16)4-13-19-9/h4,7H,5-6H2,1-3H3,(H,15,16). The van der Waals surface area contributed by atoms with Gasteiger partial charge in [0.1, 0.15) is 11.2 Å². The number of carboxylic acids is 1. The molecule has 0 spiro atoms. The van der Waals surface area contributed by atoms with Gasteiger partial charge >= 0.3 is 12.1 Å². The van der Waals surface area contributed by atoms with Crippen molar-refractivity contribution in [3.63, 3.8) is 0 Å². The number of likely N-dealkylation sites (tertiary alicyclic amines) is 1. The fraction of sp³-hybridized carbons (Fsp3) is 0.583. The van der Waals surface area contributed by atoms with Crippen molar-refractivity contribution < 1.29 is 24.0 Å². The molecule has 0 saturated carbocycles. The minimum atomic E-state index is -1.08. The fourth-order valence-corrected chi connectivity index (χ4v) is 1.82. The van der Waals surface area contributed by atoms with Gasteiger partial charge in [-0.2, -0.15) is 0 Å². The molecular formula is C12H16N2O5. The number of rotatable bonds is 2. The van der Waals surface area contributed by atoms with Crippen molar-refractivity contribution in [1.29, 1.82) is 0 Å². The average molecular weight is 268 g/mol. The first-order valence-electron chi connectivity index (χ1n) is 5.93. The monoisotopic (exact) mass is 268 g/mol. The summed E-state index contributed by atoms with van der Waals surface area (Å²) in [5, 5.41) is 12.4. The molecule has 0 aliphatic carbocycles. The first-order valence-corrected chi connectivity index (χ1v) is 5.93. The molecule has 19 heavy (non-hydrogen) atoms. The van der Waals surface area contributed by atoms with Gasteiger partial charge in [0.05, 0.1) is 12.1 Å². The fourth-order valence-electron chi connectivity index (χ4n) is 1.82. The van der Waals surface area contributed by atoms with Gasteiger partial charge in [-0.05, 0) is 20.8 Å². The molecule has 1 aromatic heterocycles. The Hall–Kier alpha value is -2.05. The Labute approximate surface area is 110 Å². The zero-order valence-corrected chi connectivity index (χ0v) is 11.0. The van der Waals surface area contributed by atoms with Crippen LogP contribution in [0.15, 0.2) is 10.7 Å². The summed E-state index contributed by atoms with van der Waals surface area (Å²) in [5.41, 5.74) is -0.491. The predicted molar refractivity (Wildman–Crippen MR) is 64.0 cm³/mol. The van der Waals surface area contributed by atoms with Crippen molar-refractivity contribution in [2.75, 3.05) is 13.1 Å². The second-order valence-corrected chi connectivity index (χ2v) is 5.49. The molecule has 1 saturated heterocycles. The second-order valence-electron chi connectivity index (χ2n) is 5.49. The van der Waals surface area contributed by atoms with Gasteiger partial charge in [-0.3, -0.25) is 0 Å². The molecule has 0 atom stereocenters. The molecule has 1 amide bonds. The summed E-state index contributed by atoms with van der Waals surface area (Å²) in [5.74, 6) is -0.902. The number of aromatic carboxylic acids is 1. The molecule has 7 nitrogen and oxygen atoms in total. The van der Waals surface area contributed by atoms with Crippen LogP contribution in [0.3, 0.4) is 0 Å². The highest BCUT2D eigenvalue weighted by molar-refractivity contribution is 5.88. The molecule has 1 aromatic rings. The van der Waals surface area contributed by atoms with Gasteiger partial charge in [0, 0.05) is 13.1 Å². The SMILES string of the molecule is CC(C)(C)OC(=O)N1CC(c2oncc2C(=O)O)C1. The van der Waals surface area contributed by atoms with Gasteiger partial charge < -0.3 is 19.3 Å². The van der Waals surface area contributed by atoms with E-state index in [0.29, 0.717) is 18.8 Å². The third kappa shape index (κ3) is 2.86.